The van der Waals surface area contributed by atoms with Crippen molar-refractivity contribution >= 4 is 0 Å². The van der Waals surface area contributed by atoms with Crippen molar-refractivity contribution in [2.45, 2.75) is 18.6 Å². The van der Waals surface area contributed by atoms with Crippen molar-refractivity contribution in [3.05, 3.63) is 48.0 Å². The van der Waals surface area contributed by atoms with E-state index in [4.69, 9.17) is 4.74 Å². The molecule has 4 heteroatoms. The average molecular weight is 230 g/mol. The number of aryl methyl sites for hydroxylation is 1. The molecule has 1 N–H and O–H groups in total. The average Bonchev–Trinajstić information content (AvgIpc) is 2.93. The van der Waals surface area contributed by atoms with Crippen molar-refractivity contribution in [2.75, 3.05) is 0 Å². The van der Waals surface area contributed by atoms with Crippen LogP contribution in [0.4, 0.5) is 0 Å². The fourth-order valence-electron chi connectivity index (χ4n) is 2.21. The van der Waals surface area contributed by atoms with E-state index in [2.05, 4.69) is 4.98 Å². The number of imidazole rings is 1. The van der Waals surface area contributed by atoms with Crippen LogP contribution in [0.3, 0.4) is 0 Å². The number of rotatable bonds is 2. The van der Waals surface area contributed by atoms with E-state index in [-0.39, 0.29) is 6.10 Å². The molecule has 2 aromatic rings. The third-order valence-corrected chi connectivity index (χ3v) is 3.15. The number of aliphatic hydroxyl groups excluding tert-OH is 1. The normalized spacial score (nSPS) is 19.8. The topological polar surface area (TPSA) is 47.3 Å². The second-order valence-electron chi connectivity index (χ2n) is 4.31. The summed E-state index contributed by atoms with van der Waals surface area (Å²) in [6.07, 6.45) is 3.29. The third-order valence-electron chi connectivity index (χ3n) is 3.15. The largest absolute Gasteiger partial charge is 0.487 e. The van der Waals surface area contributed by atoms with Gasteiger partial charge in [0, 0.05) is 25.9 Å². The zero-order chi connectivity index (χ0) is 11.8. The molecule has 0 amide bonds. The van der Waals surface area contributed by atoms with E-state index in [9.17, 15) is 5.11 Å². The zero-order valence-electron chi connectivity index (χ0n) is 9.58. The summed E-state index contributed by atoms with van der Waals surface area (Å²) in [5.74, 6) is 1.51. The minimum Gasteiger partial charge on any atom is -0.487 e. The van der Waals surface area contributed by atoms with Crippen molar-refractivity contribution < 1.29 is 9.84 Å². The molecule has 0 fully saturated rings. The highest BCUT2D eigenvalue weighted by Gasteiger charge is 2.31. The molecule has 3 rings (SSSR count). The van der Waals surface area contributed by atoms with Crippen LogP contribution in [0.2, 0.25) is 0 Å². The van der Waals surface area contributed by atoms with Gasteiger partial charge in [0.1, 0.15) is 23.8 Å². The first-order chi connectivity index (χ1) is 8.25. The molecule has 0 saturated heterocycles. The number of aromatic nitrogens is 2. The molecule has 4 nitrogen and oxygen atoms in total. The van der Waals surface area contributed by atoms with E-state index < -0.39 is 6.10 Å². The molecule has 0 saturated carbocycles. The fraction of sp³-hybridized carbons (Fsp3) is 0.308. The maximum absolute atomic E-state index is 10.3. The number of hydrogen-bond donors (Lipinski definition) is 1. The van der Waals surface area contributed by atoms with Crippen molar-refractivity contribution in [1.82, 2.24) is 9.55 Å². The summed E-state index contributed by atoms with van der Waals surface area (Å²) < 4.78 is 7.56. The van der Waals surface area contributed by atoms with Crippen LogP contribution < -0.4 is 4.74 Å². The number of para-hydroxylation sites is 1. The molecule has 0 spiro atoms. The van der Waals surface area contributed by atoms with Gasteiger partial charge in [-0.25, -0.2) is 4.98 Å². The predicted molar refractivity (Wildman–Crippen MR) is 62.7 cm³/mol. The van der Waals surface area contributed by atoms with Crippen molar-refractivity contribution in [1.29, 1.82) is 0 Å². The van der Waals surface area contributed by atoms with Gasteiger partial charge in [-0.3, -0.25) is 0 Å². The first kappa shape index (κ1) is 10.4. The number of ether oxygens (including phenoxy) is 1. The Morgan fingerprint density at radius 3 is 3.00 bits per heavy atom. The van der Waals surface area contributed by atoms with Crippen LogP contribution in [0.1, 0.15) is 17.5 Å². The van der Waals surface area contributed by atoms with E-state index in [1.165, 1.54) is 0 Å². The minimum atomic E-state index is -0.692. The summed E-state index contributed by atoms with van der Waals surface area (Å²) in [4.78, 5) is 4.16. The molecule has 1 aliphatic rings. The second-order valence-corrected chi connectivity index (χ2v) is 4.31. The molecule has 2 unspecified atom stereocenters. The predicted octanol–water partition coefficient (Wildman–Crippen LogP) is 1.46. The molecule has 2 atom stereocenters. The van der Waals surface area contributed by atoms with E-state index in [1.807, 2.05) is 42.1 Å². The number of aliphatic hydroxyl groups is 1. The van der Waals surface area contributed by atoms with Gasteiger partial charge in [-0.1, -0.05) is 18.2 Å². The zero-order valence-corrected chi connectivity index (χ0v) is 9.58. The van der Waals surface area contributed by atoms with Crippen LogP contribution in [-0.2, 0) is 13.5 Å². The fourth-order valence-corrected chi connectivity index (χ4v) is 2.21. The Kier molecular flexibility index (Phi) is 2.37. The lowest BCUT2D eigenvalue weighted by Gasteiger charge is -2.17. The molecule has 1 aromatic carbocycles. The molecule has 0 radical (unpaired) electrons. The Morgan fingerprint density at radius 2 is 2.29 bits per heavy atom. The molecule has 88 valence electrons. The quantitative estimate of drug-likeness (QED) is 0.849. The first-order valence-electron chi connectivity index (χ1n) is 5.65. The SMILES string of the molecule is Cn1ccnc1C(O)C1Cc2ccccc2O1. The number of benzene rings is 1. The third kappa shape index (κ3) is 1.70. The van der Waals surface area contributed by atoms with E-state index >= 15 is 0 Å². The van der Waals surface area contributed by atoms with Crippen LogP contribution in [-0.4, -0.2) is 20.8 Å². The van der Waals surface area contributed by atoms with Gasteiger partial charge in [0.05, 0.1) is 0 Å². The summed E-state index contributed by atoms with van der Waals surface area (Å²) in [6.45, 7) is 0. The highest BCUT2D eigenvalue weighted by Crippen LogP contribution is 2.33. The maximum Gasteiger partial charge on any atom is 0.149 e. The summed E-state index contributed by atoms with van der Waals surface area (Å²) in [7, 11) is 1.87. The lowest BCUT2D eigenvalue weighted by atomic mass is 10.1. The first-order valence-corrected chi connectivity index (χ1v) is 5.65. The Balaban J connectivity index is 1.83. The van der Waals surface area contributed by atoms with E-state index in [1.54, 1.807) is 6.20 Å². The van der Waals surface area contributed by atoms with Gasteiger partial charge < -0.3 is 14.4 Å². The standard InChI is InChI=1S/C13H14N2O2/c1-15-7-6-14-13(15)12(16)11-8-9-4-2-3-5-10(9)17-11/h2-7,11-12,16H,8H2,1H3. The lowest BCUT2D eigenvalue weighted by molar-refractivity contribution is 0.0412. The van der Waals surface area contributed by atoms with Gasteiger partial charge in [-0.2, -0.15) is 0 Å². The lowest BCUT2D eigenvalue weighted by Crippen LogP contribution is -2.25. The van der Waals surface area contributed by atoms with Gasteiger partial charge in [-0.05, 0) is 11.6 Å². The highest BCUT2D eigenvalue weighted by atomic mass is 16.5. The number of nitrogens with zero attached hydrogens (tertiary/aromatic N) is 2. The molecule has 17 heavy (non-hydrogen) atoms. The van der Waals surface area contributed by atoms with Gasteiger partial charge in [0.25, 0.3) is 0 Å². The Labute approximate surface area is 99.5 Å². The van der Waals surface area contributed by atoms with Crippen molar-refractivity contribution in [2.24, 2.45) is 7.05 Å². The van der Waals surface area contributed by atoms with Crippen LogP contribution in [0.5, 0.6) is 5.75 Å². The summed E-state index contributed by atoms with van der Waals surface area (Å²) >= 11 is 0. The van der Waals surface area contributed by atoms with E-state index in [0.29, 0.717) is 5.82 Å². The summed E-state index contributed by atoms with van der Waals surface area (Å²) in [6, 6.07) is 7.88. The molecule has 1 aromatic heterocycles. The van der Waals surface area contributed by atoms with Crippen LogP contribution in [0.25, 0.3) is 0 Å². The molecule has 0 aliphatic carbocycles. The maximum atomic E-state index is 10.3. The second kappa shape index (κ2) is 3.89. The summed E-state index contributed by atoms with van der Waals surface area (Å²) in [5, 5.41) is 10.3. The van der Waals surface area contributed by atoms with Gasteiger partial charge in [0.2, 0.25) is 0 Å². The van der Waals surface area contributed by atoms with Crippen LogP contribution in [0.15, 0.2) is 36.7 Å². The monoisotopic (exact) mass is 230 g/mol. The Morgan fingerprint density at radius 1 is 1.47 bits per heavy atom. The summed E-state index contributed by atoms with van der Waals surface area (Å²) in [5.41, 5.74) is 1.14. The van der Waals surface area contributed by atoms with Gasteiger partial charge in [0.15, 0.2) is 0 Å². The molecular weight excluding hydrogens is 216 g/mol. The van der Waals surface area contributed by atoms with Crippen molar-refractivity contribution in [3.63, 3.8) is 0 Å². The molecule has 1 aliphatic heterocycles. The number of hydrogen-bond acceptors (Lipinski definition) is 3. The van der Waals surface area contributed by atoms with Crippen molar-refractivity contribution in [3.8, 4) is 5.75 Å². The smallest absolute Gasteiger partial charge is 0.149 e. The highest BCUT2D eigenvalue weighted by molar-refractivity contribution is 5.37. The van der Waals surface area contributed by atoms with Gasteiger partial charge >= 0.3 is 0 Å². The van der Waals surface area contributed by atoms with E-state index in [0.717, 1.165) is 17.7 Å². The molecule has 2 heterocycles. The minimum absolute atomic E-state index is 0.242. The van der Waals surface area contributed by atoms with Gasteiger partial charge in [-0.15, -0.1) is 0 Å². The Bertz CT molecular complexity index is 511. The Hall–Kier alpha value is -1.81. The van der Waals surface area contributed by atoms with Crippen LogP contribution in [0, 0.1) is 0 Å². The molecule has 0 bridgehead atoms. The number of fused-ring (bicyclic) bond motifs is 1. The molecular formula is C13H14N2O2. The van der Waals surface area contributed by atoms with Crippen LogP contribution >= 0.6 is 0 Å².